The molecule has 3 nitrogen and oxygen atoms in total. The summed E-state index contributed by atoms with van der Waals surface area (Å²) in [5.74, 6) is -0.101. The largest absolute Gasteiger partial charge is 0.489 e. The van der Waals surface area contributed by atoms with Gasteiger partial charge in [-0.3, -0.25) is 4.79 Å². The van der Waals surface area contributed by atoms with Crippen LogP contribution in [0, 0.1) is 5.82 Å². The highest BCUT2D eigenvalue weighted by Crippen LogP contribution is 2.16. The second-order valence-electron chi connectivity index (χ2n) is 5.65. The molecular weight excluding hydrogens is 329 g/mol. The number of rotatable bonds is 6. The molecule has 26 heavy (non-hydrogen) atoms. The van der Waals surface area contributed by atoms with E-state index in [9.17, 15) is 9.18 Å². The van der Waals surface area contributed by atoms with Crippen molar-refractivity contribution in [1.82, 2.24) is 0 Å². The smallest absolute Gasteiger partial charge is 0.248 e. The van der Waals surface area contributed by atoms with Crippen LogP contribution in [0.3, 0.4) is 0 Å². The number of amides is 1. The number of halogens is 1. The molecule has 0 spiro atoms. The molecule has 4 heteroatoms. The Morgan fingerprint density at radius 2 is 1.62 bits per heavy atom. The second-order valence-corrected chi connectivity index (χ2v) is 5.65. The summed E-state index contributed by atoms with van der Waals surface area (Å²) in [6, 6.07) is 23.4. The van der Waals surface area contributed by atoms with Crippen molar-refractivity contribution in [3.63, 3.8) is 0 Å². The van der Waals surface area contributed by atoms with E-state index in [0.717, 1.165) is 16.9 Å². The molecule has 0 saturated heterocycles. The van der Waals surface area contributed by atoms with Crippen LogP contribution in [0.2, 0.25) is 0 Å². The number of carbonyl (C=O) groups is 1. The minimum atomic E-state index is -0.464. The number of nitrogens with one attached hydrogen (secondary N) is 1. The summed E-state index contributed by atoms with van der Waals surface area (Å²) in [5, 5.41) is 2.50. The first-order chi connectivity index (χ1) is 12.7. The molecule has 0 aliphatic rings. The van der Waals surface area contributed by atoms with E-state index in [4.69, 9.17) is 4.74 Å². The highest BCUT2D eigenvalue weighted by Gasteiger charge is 2.03. The molecule has 3 aromatic carbocycles. The van der Waals surface area contributed by atoms with Gasteiger partial charge in [0.15, 0.2) is 0 Å². The lowest BCUT2D eigenvalue weighted by molar-refractivity contribution is -0.111. The summed E-state index contributed by atoms with van der Waals surface area (Å²) >= 11 is 0. The number of hydrogen-bond acceptors (Lipinski definition) is 2. The maximum Gasteiger partial charge on any atom is 0.248 e. The zero-order valence-corrected chi connectivity index (χ0v) is 14.1. The van der Waals surface area contributed by atoms with Gasteiger partial charge in [0.1, 0.15) is 18.2 Å². The summed E-state index contributed by atoms with van der Waals surface area (Å²) in [5.41, 5.74) is 2.11. The Bertz CT molecular complexity index is 890. The maximum absolute atomic E-state index is 13.5. The van der Waals surface area contributed by atoms with E-state index < -0.39 is 5.82 Å². The van der Waals surface area contributed by atoms with Crippen molar-refractivity contribution in [3.8, 4) is 5.75 Å². The summed E-state index contributed by atoms with van der Waals surface area (Å²) in [6.07, 6.45) is 3.03. The van der Waals surface area contributed by atoms with Crippen LogP contribution in [-0.2, 0) is 11.4 Å². The quantitative estimate of drug-likeness (QED) is 0.633. The van der Waals surface area contributed by atoms with Crippen molar-refractivity contribution in [2.45, 2.75) is 6.61 Å². The van der Waals surface area contributed by atoms with Crippen LogP contribution in [-0.4, -0.2) is 5.91 Å². The van der Waals surface area contributed by atoms with E-state index in [0.29, 0.717) is 6.61 Å². The van der Waals surface area contributed by atoms with Crippen LogP contribution in [0.15, 0.2) is 84.9 Å². The van der Waals surface area contributed by atoms with Crippen LogP contribution in [0.1, 0.15) is 11.1 Å². The number of benzene rings is 3. The molecule has 0 radical (unpaired) electrons. The lowest BCUT2D eigenvalue weighted by Gasteiger charge is -2.06. The van der Waals surface area contributed by atoms with Crippen molar-refractivity contribution in [2.24, 2.45) is 0 Å². The van der Waals surface area contributed by atoms with Gasteiger partial charge in [-0.05, 0) is 41.5 Å². The van der Waals surface area contributed by atoms with Crippen LogP contribution < -0.4 is 10.1 Å². The molecule has 0 aliphatic carbocycles. The fourth-order valence-corrected chi connectivity index (χ4v) is 2.32. The molecule has 0 heterocycles. The molecule has 1 amide bonds. The standard InChI is InChI=1S/C22H18FNO2/c23-20-8-4-5-9-21(20)24-22(25)15-12-17-10-13-19(14-11-17)26-16-18-6-2-1-3-7-18/h1-15H,16H2,(H,24,25)/b15-12+. The van der Waals surface area contributed by atoms with E-state index in [2.05, 4.69) is 5.32 Å². The van der Waals surface area contributed by atoms with Crippen molar-refractivity contribution in [1.29, 1.82) is 0 Å². The average Bonchev–Trinajstić information content (AvgIpc) is 2.68. The molecule has 130 valence electrons. The van der Waals surface area contributed by atoms with Crippen LogP contribution in [0.5, 0.6) is 5.75 Å². The van der Waals surface area contributed by atoms with E-state index in [-0.39, 0.29) is 11.6 Å². The Labute approximate surface area is 151 Å². The molecule has 0 unspecified atom stereocenters. The van der Waals surface area contributed by atoms with Crippen LogP contribution in [0.25, 0.3) is 6.08 Å². The molecule has 3 rings (SSSR count). The fraction of sp³-hybridized carbons (Fsp3) is 0.0455. The normalized spacial score (nSPS) is 10.7. The monoisotopic (exact) mass is 347 g/mol. The fourth-order valence-electron chi connectivity index (χ4n) is 2.32. The molecule has 0 aliphatic heterocycles. The number of ether oxygens (including phenoxy) is 1. The van der Waals surface area contributed by atoms with Gasteiger partial charge in [-0.2, -0.15) is 0 Å². The van der Waals surface area contributed by atoms with Gasteiger partial charge < -0.3 is 10.1 Å². The van der Waals surface area contributed by atoms with Crippen LogP contribution >= 0.6 is 0 Å². The third-order valence-electron chi connectivity index (χ3n) is 3.69. The zero-order valence-electron chi connectivity index (χ0n) is 14.1. The summed E-state index contributed by atoms with van der Waals surface area (Å²) in [7, 11) is 0. The average molecular weight is 347 g/mol. The Morgan fingerprint density at radius 1 is 0.923 bits per heavy atom. The van der Waals surface area contributed by atoms with Gasteiger partial charge in [0.25, 0.3) is 0 Å². The third-order valence-corrected chi connectivity index (χ3v) is 3.69. The number of carbonyl (C=O) groups excluding carboxylic acids is 1. The molecule has 3 aromatic rings. The van der Waals surface area contributed by atoms with Crippen molar-refractivity contribution in [2.75, 3.05) is 5.32 Å². The van der Waals surface area contributed by atoms with Crippen molar-refractivity contribution < 1.29 is 13.9 Å². The summed E-state index contributed by atoms with van der Waals surface area (Å²) < 4.78 is 19.2. The Kier molecular flexibility index (Phi) is 5.78. The molecule has 0 aromatic heterocycles. The Hall–Kier alpha value is -3.40. The molecule has 0 atom stereocenters. The summed E-state index contributed by atoms with van der Waals surface area (Å²) in [4.78, 5) is 11.9. The van der Waals surface area contributed by atoms with Crippen molar-refractivity contribution in [3.05, 3.63) is 102 Å². The highest BCUT2D eigenvalue weighted by atomic mass is 19.1. The maximum atomic E-state index is 13.5. The van der Waals surface area contributed by atoms with E-state index in [1.54, 1.807) is 18.2 Å². The predicted molar refractivity (Wildman–Crippen MR) is 101 cm³/mol. The van der Waals surface area contributed by atoms with Gasteiger partial charge in [0.2, 0.25) is 5.91 Å². The Morgan fingerprint density at radius 3 is 2.35 bits per heavy atom. The van der Waals surface area contributed by atoms with Gasteiger partial charge >= 0.3 is 0 Å². The number of para-hydroxylation sites is 1. The minimum absolute atomic E-state index is 0.159. The van der Waals surface area contributed by atoms with E-state index in [1.165, 1.54) is 18.2 Å². The lowest BCUT2D eigenvalue weighted by Crippen LogP contribution is -2.08. The Balaban J connectivity index is 1.54. The molecule has 0 fully saturated rings. The van der Waals surface area contributed by atoms with E-state index in [1.807, 2.05) is 54.6 Å². The zero-order chi connectivity index (χ0) is 18.2. The topological polar surface area (TPSA) is 38.3 Å². The van der Waals surface area contributed by atoms with Gasteiger partial charge in [-0.25, -0.2) is 4.39 Å². The predicted octanol–water partition coefficient (Wildman–Crippen LogP) is 5.06. The highest BCUT2D eigenvalue weighted by molar-refractivity contribution is 6.01. The minimum Gasteiger partial charge on any atom is -0.489 e. The number of anilines is 1. The van der Waals surface area contributed by atoms with Gasteiger partial charge in [-0.1, -0.05) is 54.6 Å². The lowest BCUT2D eigenvalue weighted by atomic mass is 10.2. The van der Waals surface area contributed by atoms with Gasteiger partial charge in [0, 0.05) is 6.08 Å². The first-order valence-corrected chi connectivity index (χ1v) is 8.21. The first kappa shape index (κ1) is 17.4. The van der Waals surface area contributed by atoms with Crippen LogP contribution in [0.4, 0.5) is 10.1 Å². The molecular formula is C22H18FNO2. The third kappa shape index (κ3) is 5.05. The molecule has 0 bridgehead atoms. The van der Waals surface area contributed by atoms with Crippen molar-refractivity contribution >= 4 is 17.7 Å². The first-order valence-electron chi connectivity index (χ1n) is 8.21. The van der Waals surface area contributed by atoms with Gasteiger partial charge in [0.05, 0.1) is 5.69 Å². The molecule has 0 saturated carbocycles. The van der Waals surface area contributed by atoms with E-state index >= 15 is 0 Å². The summed E-state index contributed by atoms with van der Waals surface area (Å²) in [6.45, 7) is 0.501. The SMILES string of the molecule is O=C(/C=C/c1ccc(OCc2ccccc2)cc1)Nc1ccccc1F. The molecule has 1 N–H and O–H groups in total. The second kappa shape index (κ2) is 8.62. The number of hydrogen-bond donors (Lipinski definition) is 1. The van der Waals surface area contributed by atoms with Gasteiger partial charge in [-0.15, -0.1) is 0 Å².